The van der Waals surface area contributed by atoms with Gasteiger partial charge in [0, 0.05) is 6.04 Å². The van der Waals surface area contributed by atoms with E-state index in [0.717, 1.165) is 24.0 Å². The summed E-state index contributed by atoms with van der Waals surface area (Å²) in [6, 6.07) is 3.63. The van der Waals surface area contributed by atoms with Crippen molar-refractivity contribution in [2.24, 2.45) is 0 Å². The van der Waals surface area contributed by atoms with Gasteiger partial charge >= 0.3 is 0 Å². The number of aromatic hydroxyl groups is 2. The zero-order valence-electron chi connectivity index (χ0n) is 7.95. The summed E-state index contributed by atoms with van der Waals surface area (Å²) in [6.07, 6.45) is 2.00. The quantitative estimate of drug-likeness (QED) is 0.626. The van der Waals surface area contributed by atoms with Crippen LogP contribution in [0.4, 0.5) is 0 Å². The molecule has 0 aliphatic heterocycles. The second kappa shape index (κ2) is 4.07. The molecule has 1 atom stereocenters. The van der Waals surface area contributed by atoms with E-state index in [4.69, 9.17) is 0 Å². The first kappa shape index (κ1) is 11.1. The fourth-order valence-electron chi connectivity index (χ4n) is 1.93. The molecule has 1 aromatic carbocycles. The number of fused-ring (bicyclic) bond motifs is 1. The monoisotopic (exact) mass is 215 g/mol. The number of nitrogens with one attached hydrogen (secondary N) is 1. The molecule has 0 saturated heterocycles. The Balaban J connectivity index is 0.000000980. The maximum Gasteiger partial charge on any atom is 0.157 e. The van der Waals surface area contributed by atoms with Gasteiger partial charge in [0.15, 0.2) is 11.5 Å². The van der Waals surface area contributed by atoms with Crippen molar-refractivity contribution < 1.29 is 10.2 Å². The molecule has 1 aromatic rings. The second-order valence-corrected chi connectivity index (χ2v) is 3.42. The Kier molecular flexibility index (Phi) is 3.24. The van der Waals surface area contributed by atoms with Gasteiger partial charge in [0.05, 0.1) is 0 Å². The first-order chi connectivity index (χ1) is 6.22. The Labute approximate surface area is 89.2 Å². The number of halogens is 1. The van der Waals surface area contributed by atoms with Gasteiger partial charge in [-0.15, -0.1) is 12.4 Å². The molecule has 0 amide bonds. The lowest BCUT2D eigenvalue weighted by Crippen LogP contribution is -2.12. The lowest BCUT2D eigenvalue weighted by Gasteiger charge is -2.10. The van der Waals surface area contributed by atoms with Crippen molar-refractivity contribution in [3.8, 4) is 11.5 Å². The summed E-state index contributed by atoms with van der Waals surface area (Å²) in [7, 11) is 1.91. The molecule has 1 aliphatic rings. The summed E-state index contributed by atoms with van der Waals surface area (Å²) in [5.74, 6) is -0.0450. The predicted molar refractivity (Wildman–Crippen MR) is 57.1 cm³/mol. The third-order valence-electron chi connectivity index (χ3n) is 2.66. The number of hydrogen-bond donors (Lipinski definition) is 3. The van der Waals surface area contributed by atoms with Gasteiger partial charge in [-0.05, 0) is 43.1 Å². The summed E-state index contributed by atoms with van der Waals surface area (Å²) in [5, 5.41) is 21.8. The lowest BCUT2D eigenvalue weighted by molar-refractivity contribution is 0.402. The zero-order valence-corrected chi connectivity index (χ0v) is 8.77. The van der Waals surface area contributed by atoms with Crippen LogP contribution in [-0.2, 0) is 6.42 Å². The highest BCUT2D eigenvalue weighted by Gasteiger charge is 2.22. The first-order valence-corrected chi connectivity index (χ1v) is 4.44. The number of phenolic OH excluding ortho intramolecular Hbond substituents is 2. The van der Waals surface area contributed by atoms with E-state index in [0.29, 0.717) is 6.04 Å². The molecule has 4 heteroatoms. The maximum absolute atomic E-state index is 9.32. The van der Waals surface area contributed by atoms with E-state index < -0.39 is 0 Å². The van der Waals surface area contributed by atoms with E-state index in [-0.39, 0.29) is 23.9 Å². The highest BCUT2D eigenvalue weighted by atomic mass is 35.5. The van der Waals surface area contributed by atoms with Crippen molar-refractivity contribution in [2.75, 3.05) is 7.05 Å². The molecule has 0 radical (unpaired) electrons. The molecule has 0 heterocycles. The van der Waals surface area contributed by atoms with Crippen LogP contribution in [0.25, 0.3) is 0 Å². The molecule has 3 nitrogen and oxygen atoms in total. The molecule has 0 bridgehead atoms. The van der Waals surface area contributed by atoms with E-state index in [1.165, 1.54) is 0 Å². The third kappa shape index (κ3) is 1.65. The van der Waals surface area contributed by atoms with Gasteiger partial charge in [0.2, 0.25) is 0 Å². The summed E-state index contributed by atoms with van der Waals surface area (Å²) in [5.41, 5.74) is 2.24. The van der Waals surface area contributed by atoms with Gasteiger partial charge in [-0.25, -0.2) is 0 Å². The molecule has 0 aromatic heterocycles. The number of benzene rings is 1. The van der Waals surface area contributed by atoms with Gasteiger partial charge in [-0.2, -0.15) is 0 Å². The summed E-state index contributed by atoms with van der Waals surface area (Å²) in [4.78, 5) is 0. The Morgan fingerprint density at radius 1 is 1.29 bits per heavy atom. The normalized spacial score (nSPS) is 18.8. The van der Waals surface area contributed by atoms with Crippen LogP contribution in [0.5, 0.6) is 11.5 Å². The molecule has 3 N–H and O–H groups in total. The van der Waals surface area contributed by atoms with Crippen LogP contribution in [0.2, 0.25) is 0 Å². The number of phenols is 2. The average Bonchev–Trinajstić information content (AvgIpc) is 2.48. The first-order valence-electron chi connectivity index (χ1n) is 4.44. The second-order valence-electron chi connectivity index (χ2n) is 3.42. The molecular weight excluding hydrogens is 202 g/mol. The molecule has 1 aliphatic carbocycles. The minimum atomic E-state index is -0.0269. The van der Waals surface area contributed by atoms with Crippen molar-refractivity contribution in [1.29, 1.82) is 0 Å². The number of aryl methyl sites for hydroxylation is 1. The molecule has 0 spiro atoms. The van der Waals surface area contributed by atoms with Crippen molar-refractivity contribution >= 4 is 12.4 Å². The van der Waals surface area contributed by atoms with Crippen molar-refractivity contribution in [3.05, 3.63) is 23.3 Å². The van der Waals surface area contributed by atoms with Gasteiger partial charge < -0.3 is 15.5 Å². The third-order valence-corrected chi connectivity index (χ3v) is 2.66. The van der Waals surface area contributed by atoms with Gasteiger partial charge in [-0.1, -0.05) is 0 Å². The largest absolute Gasteiger partial charge is 0.504 e. The van der Waals surface area contributed by atoms with E-state index in [1.807, 2.05) is 7.05 Å². The van der Waals surface area contributed by atoms with E-state index in [1.54, 1.807) is 12.1 Å². The number of hydrogen-bond acceptors (Lipinski definition) is 3. The molecule has 2 rings (SSSR count). The van der Waals surface area contributed by atoms with Crippen molar-refractivity contribution in [1.82, 2.24) is 5.32 Å². The highest BCUT2D eigenvalue weighted by molar-refractivity contribution is 5.85. The zero-order chi connectivity index (χ0) is 9.42. The Morgan fingerprint density at radius 2 is 1.93 bits per heavy atom. The minimum absolute atomic E-state index is 0. The van der Waals surface area contributed by atoms with Crippen LogP contribution in [0.1, 0.15) is 23.6 Å². The highest BCUT2D eigenvalue weighted by Crippen LogP contribution is 2.37. The Hall–Kier alpha value is -0.930. The Morgan fingerprint density at radius 3 is 2.57 bits per heavy atom. The van der Waals surface area contributed by atoms with E-state index >= 15 is 0 Å². The molecule has 0 fully saturated rings. The SMILES string of the molecule is CNC1CCc2cc(O)c(O)cc21.Cl. The summed E-state index contributed by atoms with van der Waals surface area (Å²) < 4.78 is 0. The van der Waals surface area contributed by atoms with Crippen LogP contribution in [0.3, 0.4) is 0 Å². The van der Waals surface area contributed by atoms with Crippen molar-refractivity contribution in [2.45, 2.75) is 18.9 Å². The maximum atomic E-state index is 9.32. The predicted octanol–water partition coefficient (Wildman–Crippen LogP) is 1.73. The molecule has 14 heavy (non-hydrogen) atoms. The fourth-order valence-corrected chi connectivity index (χ4v) is 1.93. The molecule has 0 saturated carbocycles. The van der Waals surface area contributed by atoms with Crippen molar-refractivity contribution in [3.63, 3.8) is 0 Å². The number of rotatable bonds is 1. The average molecular weight is 216 g/mol. The summed E-state index contributed by atoms with van der Waals surface area (Å²) >= 11 is 0. The van der Waals surface area contributed by atoms with E-state index in [9.17, 15) is 10.2 Å². The standard InChI is InChI=1S/C10H13NO2.ClH/c1-11-8-3-2-6-4-9(12)10(13)5-7(6)8;/h4-5,8,11-13H,2-3H2,1H3;1H. The van der Waals surface area contributed by atoms with Crippen LogP contribution in [0.15, 0.2) is 12.1 Å². The van der Waals surface area contributed by atoms with Gasteiger partial charge in [0.1, 0.15) is 0 Å². The topological polar surface area (TPSA) is 52.5 Å². The molecule has 78 valence electrons. The van der Waals surface area contributed by atoms with Crippen LogP contribution in [0, 0.1) is 0 Å². The van der Waals surface area contributed by atoms with Gasteiger partial charge in [0.25, 0.3) is 0 Å². The van der Waals surface area contributed by atoms with E-state index in [2.05, 4.69) is 5.32 Å². The minimum Gasteiger partial charge on any atom is -0.504 e. The van der Waals surface area contributed by atoms with Crippen LogP contribution in [-0.4, -0.2) is 17.3 Å². The fraction of sp³-hybridized carbons (Fsp3) is 0.400. The smallest absolute Gasteiger partial charge is 0.157 e. The van der Waals surface area contributed by atoms with Crippen LogP contribution >= 0.6 is 12.4 Å². The van der Waals surface area contributed by atoms with Gasteiger partial charge in [-0.3, -0.25) is 0 Å². The molecule has 1 unspecified atom stereocenters. The molecular formula is C10H14ClNO2. The Bertz CT molecular complexity index is 341. The van der Waals surface area contributed by atoms with Crippen LogP contribution < -0.4 is 5.32 Å². The lowest BCUT2D eigenvalue weighted by atomic mass is 10.1. The summed E-state index contributed by atoms with van der Waals surface area (Å²) in [6.45, 7) is 0.